The van der Waals surface area contributed by atoms with Crippen molar-refractivity contribution in [3.8, 4) is 5.82 Å². The predicted octanol–water partition coefficient (Wildman–Crippen LogP) is 8.21. The summed E-state index contributed by atoms with van der Waals surface area (Å²) < 4.78 is 85.6. The van der Waals surface area contributed by atoms with Gasteiger partial charge in [-0.2, -0.15) is 18.2 Å². The van der Waals surface area contributed by atoms with Gasteiger partial charge in [-0.3, -0.25) is 4.98 Å². The van der Waals surface area contributed by atoms with Crippen LogP contribution in [0.2, 0.25) is 0 Å². The van der Waals surface area contributed by atoms with E-state index >= 15 is 8.78 Å². The summed E-state index contributed by atoms with van der Waals surface area (Å²) in [5.41, 5.74) is 1.02. The van der Waals surface area contributed by atoms with Gasteiger partial charge in [-0.05, 0) is 41.4 Å². The standard InChI is InChI=1S/C36H29F2N5.Pt/c1-23-12-15-40-34(16-23)43-32-20-24(10-11-28(32)29-13-14-39-21-33(29)43)36(37,38)26-17-25(35(2,3)4)18-27(19-26)42-22-41(5)30-8-6-7-9-31(30)42;/h6-18,21H,1-5H3;/q;+2/i1D3,5D3;. The van der Waals surface area contributed by atoms with Crippen LogP contribution < -0.4 is 4.58 Å². The summed E-state index contributed by atoms with van der Waals surface area (Å²) >= 11 is 0. The molecular weight excluding hydrogens is 736 g/mol. The Morgan fingerprint density at radius 3 is 2.50 bits per heavy atom. The van der Waals surface area contributed by atoms with Gasteiger partial charge in [0, 0.05) is 28.6 Å². The molecule has 0 fully saturated rings. The van der Waals surface area contributed by atoms with Crippen molar-refractivity contribution < 1.29 is 42.6 Å². The van der Waals surface area contributed by atoms with Crippen LogP contribution in [0.3, 0.4) is 0 Å². The van der Waals surface area contributed by atoms with Crippen LogP contribution in [0.4, 0.5) is 25.8 Å². The van der Waals surface area contributed by atoms with E-state index in [2.05, 4.69) is 28.1 Å². The molecule has 3 aromatic heterocycles. The molecule has 0 unspecified atom stereocenters. The van der Waals surface area contributed by atoms with Crippen molar-refractivity contribution >= 4 is 44.9 Å². The zero-order chi connectivity index (χ0) is 35.1. The number of pyridine rings is 2. The number of aryl methyl sites for hydroxylation is 1. The van der Waals surface area contributed by atoms with Crippen LogP contribution in [0.1, 0.15) is 51.2 Å². The number of fused-ring (bicyclic) bond motifs is 4. The Balaban J connectivity index is 0.00000432. The number of para-hydroxylation sites is 2. The van der Waals surface area contributed by atoms with Gasteiger partial charge in [0.25, 0.3) is 17.3 Å². The molecule has 1 aliphatic rings. The van der Waals surface area contributed by atoms with Crippen molar-refractivity contribution in [2.24, 2.45) is 0 Å². The summed E-state index contributed by atoms with van der Waals surface area (Å²) in [4.78, 5) is 8.62. The van der Waals surface area contributed by atoms with Gasteiger partial charge in [0.1, 0.15) is 15.6 Å². The topological polar surface area (TPSA) is 36.7 Å². The summed E-state index contributed by atoms with van der Waals surface area (Å²) in [6.45, 7) is 0.737. The summed E-state index contributed by atoms with van der Waals surface area (Å²) in [5, 5.41) is 1.31. The molecule has 220 valence electrons. The Hall–Kier alpha value is -4.31. The second kappa shape index (κ2) is 10.7. The Bertz CT molecular complexity index is 2390. The molecule has 44 heavy (non-hydrogen) atoms. The van der Waals surface area contributed by atoms with Crippen LogP contribution in [0, 0.1) is 19.0 Å². The van der Waals surface area contributed by atoms with Crippen LogP contribution in [0.5, 0.6) is 0 Å². The van der Waals surface area contributed by atoms with Crippen molar-refractivity contribution in [3.05, 3.63) is 120 Å². The first kappa shape index (κ1) is 23.1. The zero-order valence-corrected chi connectivity index (χ0v) is 26.2. The third-order valence-corrected chi connectivity index (χ3v) is 7.66. The number of aromatic nitrogens is 3. The quantitative estimate of drug-likeness (QED) is 0.134. The molecule has 8 heteroatoms. The van der Waals surface area contributed by atoms with Crippen LogP contribution in [0.15, 0.2) is 85.3 Å². The third-order valence-electron chi connectivity index (χ3n) is 7.66. The molecule has 0 saturated carbocycles. The Morgan fingerprint density at radius 1 is 0.909 bits per heavy atom. The van der Waals surface area contributed by atoms with E-state index in [1.807, 2.05) is 20.8 Å². The third kappa shape index (κ3) is 4.81. The summed E-state index contributed by atoms with van der Waals surface area (Å²) in [6.07, 6.45) is 4.53. The van der Waals surface area contributed by atoms with E-state index in [0.29, 0.717) is 33.2 Å². The van der Waals surface area contributed by atoms with Crippen molar-refractivity contribution in [3.63, 3.8) is 0 Å². The van der Waals surface area contributed by atoms with Crippen LogP contribution in [-0.4, -0.2) is 32.1 Å². The summed E-state index contributed by atoms with van der Waals surface area (Å²) in [7, 11) is 0. The number of halogens is 2. The molecule has 1 aliphatic heterocycles. The fourth-order valence-corrected chi connectivity index (χ4v) is 5.41. The van der Waals surface area contributed by atoms with Crippen LogP contribution in [-0.2, 0) is 32.4 Å². The SMILES string of the molecule is [2H]C([2H])([2H])c1ccnc(-n2c3[c-]c(C(F)(F)c4[c-]c([N+]5=C=[N+](C([2H])([2H])[2H])c6ccccc65)cc(C(C)(C)C)c4)ccc3c3ccncc32)c1.[Pt+2]. The monoisotopic (exact) mass is 770 g/mol. The van der Waals surface area contributed by atoms with E-state index < -0.39 is 36.3 Å². The molecule has 4 heterocycles. The maximum Gasteiger partial charge on any atom is 2.00 e. The fraction of sp³-hybridized carbons (Fsp3) is 0.194. The first-order valence-electron chi connectivity index (χ1n) is 16.6. The minimum Gasteiger partial charge on any atom is -0.318 e. The average Bonchev–Trinajstić information content (AvgIpc) is 3.60. The number of hydrogen-bond donors (Lipinski definition) is 0. The van der Waals surface area contributed by atoms with Gasteiger partial charge in [0.05, 0.1) is 11.7 Å². The van der Waals surface area contributed by atoms with Crippen molar-refractivity contribution in [1.82, 2.24) is 19.1 Å². The second-order valence-corrected chi connectivity index (χ2v) is 11.5. The molecule has 0 bridgehead atoms. The number of benzene rings is 3. The van der Waals surface area contributed by atoms with E-state index in [0.717, 1.165) is 4.58 Å². The molecule has 3 aromatic carbocycles. The van der Waals surface area contributed by atoms with Gasteiger partial charge < -0.3 is 4.57 Å². The molecule has 0 N–H and O–H groups in total. The van der Waals surface area contributed by atoms with Gasteiger partial charge in [-0.25, -0.2) is 13.8 Å². The molecule has 7 rings (SSSR count). The maximum atomic E-state index is 16.9. The van der Waals surface area contributed by atoms with E-state index in [9.17, 15) is 0 Å². The van der Waals surface area contributed by atoms with Gasteiger partial charge >= 0.3 is 27.1 Å². The number of nitrogens with zero attached hydrogens (tertiary/aromatic N) is 5. The van der Waals surface area contributed by atoms with E-state index in [4.69, 9.17) is 8.22 Å². The summed E-state index contributed by atoms with van der Waals surface area (Å²) in [5.74, 6) is -3.40. The van der Waals surface area contributed by atoms with Gasteiger partial charge in [-0.1, -0.05) is 70.8 Å². The fourth-order valence-electron chi connectivity index (χ4n) is 5.41. The number of rotatable bonds is 4. The minimum absolute atomic E-state index is 0. The Labute approximate surface area is 277 Å². The molecule has 0 spiro atoms. The average molecular weight is 771 g/mol. The molecule has 0 saturated heterocycles. The number of hydrogen-bond acceptors (Lipinski definition) is 2. The normalized spacial score (nSPS) is 15.7. The minimum atomic E-state index is -3.62. The Morgan fingerprint density at radius 2 is 1.73 bits per heavy atom. The molecule has 0 radical (unpaired) electrons. The van der Waals surface area contributed by atoms with Crippen LogP contribution in [0.25, 0.3) is 27.6 Å². The van der Waals surface area contributed by atoms with E-state index in [1.165, 1.54) is 35.0 Å². The largest absolute Gasteiger partial charge is 2.00 e. The zero-order valence-electron chi connectivity index (χ0n) is 29.9. The van der Waals surface area contributed by atoms with Crippen molar-refractivity contribution in [2.75, 3.05) is 6.98 Å². The number of alkyl halides is 2. The molecule has 5 nitrogen and oxygen atoms in total. The van der Waals surface area contributed by atoms with Gasteiger partial charge in [0.15, 0.2) is 6.98 Å². The molecule has 0 amide bonds. The van der Waals surface area contributed by atoms with Gasteiger partial charge in [0.2, 0.25) is 0 Å². The first-order chi connectivity index (χ1) is 22.9. The molecular formula is C36H29F2N5Pt+2. The maximum absolute atomic E-state index is 16.9. The first-order valence-corrected chi connectivity index (χ1v) is 13.6. The van der Waals surface area contributed by atoms with E-state index in [1.54, 1.807) is 59.4 Å². The van der Waals surface area contributed by atoms with Crippen LogP contribution >= 0.6 is 0 Å². The smallest absolute Gasteiger partial charge is 0.318 e. The second-order valence-electron chi connectivity index (χ2n) is 11.5. The Kier molecular flexibility index (Phi) is 5.62. The predicted molar refractivity (Wildman–Crippen MR) is 166 cm³/mol. The molecule has 0 aliphatic carbocycles. The van der Waals surface area contributed by atoms with Crippen molar-refractivity contribution in [1.29, 1.82) is 0 Å². The van der Waals surface area contributed by atoms with E-state index in [-0.39, 0.29) is 43.7 Å². The molecule has 6 aromatic rings. The summed E-state index contributed by atoms with van der Waals surface area (Å²) in [6, 6.07) is 26.0. The van der Waals surface area contributed by atoms with Gasteiger partial charge in [-0.15, -0.1) is 17.0 Å². The molecule has 0 atom stereocenters. The van der Waals surface area contributed by atoms with Crippen molar-refractivity contribution in [2.45, 2.75) is 39.0 Å².